The van der Waals surface area contributed by atoms with E-state index in [4.69, 9.17) is 5.11 Å². The van der Waals surface area contributed by atoms with Crippen LogP contribution >= 0.6 is 0 Å². The molecule has 0 bridgehead atoms. The Kier molecular flexibility index (Phi) is 3.64. The highest BCUT2D eigenvalue weighted by Gasteiger charge is 2.36. The van der Waals surface area contributed by atoms with Crippen LogP contribution in [0.5, 0.6) is 0 Å². The average molecular weight is 252 g/mol. The monoisotopic (exact) mass is 252 g/mol. The number of nitrogens with one attached hydrogen (secondary N) is 1. The van der Waals surface area contributed by atoms with E-state index in [1.165, 1.54) is 0 Å². The number of hydrogen-bond acceptors (Lipinski definition) is 3. The van der Waals surface area contributed by atoms with Crippen molar-refractivity contribution in [2.24, 2.45) is 5.92 Å². The highest BCUT2D eigenvalue weighted by molar-refractivity contribution is 6.02. The second kappa shape index (κ2) is 5.20. The number of hydrogen-bond donors (Lipinski definition) is 2. The van der Waals surface area contributed by atoms with Gasteiger partial charge in [0.1, 0.15) is 0 Å². The number of amides is 3. The van der Waals surface area contributed by atoms with Crippen molar-refractivity contribution >= 4 is 17.9 Å². The fourth-order valence-corrected chi connectivity index (χ4v) is 1.73. The van der Waals surface area contributed by atoms with Crippen molar-refractivity contribution in [1.29, 1.82) is 0 Å². The Hall–Kier alpha value is -1.85. The molecule has 0 unspecified atom stereocenters. The van der Waals surface area contributed by atoms with Crippen LogP contribution in [0, 0.1) is 5.92 Å². The van der Waals surface area contributed by atoms with E-state index in [9.17, 15) is 14.4 Å². The lowest BCUT2D eigenvalue weighted by atomic mass is 10.3. The predicted octanol–water partition coefficient (Wildman–Crippen LogP) is 0.738. The molecule has 2 rings (SSSR count). The third-order valence-electron chi connectivity index (χ3n) is 3.01. The molecule has 0 aromatic carbocycles. The maximum Gasteiger partial charge on any atom is 0.328 e. The molecule has 0 heterocycles. The van der Waals surface area contributed by atoms with Gasteiger partial charge in [-0.25, -0.2) is 9.59 Å². The van der Waals surface area contributed by atoms with Gasteiger partial charge in [-0.05, 0) is 31.6 Å². The summed E-state index contributed by atoms with van der Waals surface area (Å²) in [6, 6.07) is -0.161. The molecule has 0 aromatic rings. The van der Waals surface area contributed by atoms with E-state index in [0.29, 0.717) is 18.5 Å². The first kappa shape index (κ1) is 12.6. The molecule has 98 valence electrons. The van der Waals surface area contributed by atoms with Gasteiger partial charge in [-0.15, -0.1) is 0 Å². The first-order chi connectivity index (χ1) is 8.56. The summed E-state index contributed by atoms with van der Waals surface area (Å²) in [6.07, 6.45) is 5.82. The summed E-state index contributed by atoms with van der Waals surface area (Å²) in [7, 11) is 0. The van der Waals surface area contributed by atoms with Crippen LogP contribution in [0.4, 0.5) is 4.79 Å². The Labute approximate surface area is 105 Å². The zero-order chi connectivity index (χ0) is 13.1. The normalized spacial score (nSPS) is 18.7. The molecule has 2 aliphatic carbocycles. The Bertz CT molecular complexity index is 397. The molecule has 0 atom stereocenters. The number of nitrogens with zero attached hydrogens (tertiary/aromatic N) is 1. The van der Waals surface area contributed by atoms with E-state index in [2.05, 4.69) is 5.32 Å². The smallest absolute Gasteiger partial charge is 0.328 e. The molecule has 6 heteroatoms. The van der Waals surface area contributed by atoms with Crippen LogP contribution in [0.2, 0.25) is 0 Å². The van der Waals surface area contributed by atoms with Gasteiger partial charge in [0.25, 0.3) is 5.91 Å². The van der Waals surface area contributed by atoms with Crippen molar-refractivity contribution in [3.63, 3.8) is 0 Å². The zero-order valence-electron chi connectivity index (χ0n) is 9.96. The Balaban J connectivity index is 1.84. The lowest BCUT2D eigenvalue weighted by Gasteiger charge is -2.21. The second-order valence-corrected chi connectivity index (χ2v) is 4.79. The summed E-state index contributed by atoms with van der Waals surface area (Å²) < 4.78 is 0. The third kappa shape index (κ3) is 3.87. The minimum Gasteiger partial charge on any atom is -0.478 e. The molecule has 2 aliphatic rings. The van der Waals surface area contributed by atoms with Crippen molar-refractivity contribution in [3.05, 3.63) is 12.2 Å². The lowest BCUT2D eigenvalue weighted by molar-refractivity contribution is -0.131. The van der Waals surface area contributed by atoms with Crippen molar-refractivity contribution in [1.82, 2.24) is 10.2 Å². The Morgan fingerprint density at radius 3 is 2.33 bits per heavy atom. The van der Waals surface area contributed by atoms with Crippen LogP contribution in [-0.4, -0.2) is 40.5 Å². The second-order valence-electron chi connectivity index (χ2n) is 4.79. The number of rotatable bonds is 5. The molecule has 2 fully saturated rings. The molecule has 0 radical (unpaired) electrons. The van der Waals surface area contributed by atoms with Crippen molar-refractivity contribution in [3.8, 4) is 0 Å². The number of carbonyl (C=O) groups is 3. The summed E-state index contributed by atoms with van der Waals surface area (Å²) in [5.41, 5.74) is 0. The first-order valence-corrected chi connectivity index (χ1v) is 6.09. The summed E-state index contributed by atoms with van der Waals surface area (Å²) in [5.74, 6) is -1.33. The van der Waals surface area contributed by atoms with E-state index in [0.717, 1.165) is 31.8 Å². The standard InChI is InChI=1S/C12H16N2O4/c15-10(5-6-11(16)17)13-12(18)14(9-3-4-9)7-8-1-2-8/h5-6,8-9H,1-4,7H2,(H,16,17)(H,13,15,18). The van der Waals surface area contributed by atoms with Crippen molar-refractivity contribution in [2.75, 3.05) is 6.54 Å². The van der Waals surface area contributed by atoms with Gasteiger partial charge in [-0.3, -0.25) is 10.1 Å². The third-order valence-corrected chi connectivity index (χ3v) is 3.01. The van der Waals surface area contributed by atoms with Gasteiger partial charge in [0.2, 0.25) is 0 Å². The summed E-state index contributed by atoms with van der Waals surface area (Å²) in [5, 5.41) is 10.6. The van der Waals surface area contributed by atoms with Gasteiger partial charge in [0.15, 0.2) is 0 Å². The molecule has 2 saturated carbocycles. The molecule has 3 amide bonds. The molecule has 0 aromatic heterocycles. The maximum atomic E-state index is 11.9. The Morgan fingerprint density at radius 2 is 1.83 bits per heavy atom. The van der Waals surface area contributed by atoms with Crippen LogP contribution in [0.1, 0.15) is 25.7 Å². The van der Waals surface area contributed by atoms with Crippen LogP contribution in [0.3, 0.4) is 0 Å². The first-order valence-electron chi connectivity index (χ1n) is 6.09. The van der Waals surface area contributed by atoms with Gasteiger partial charge in [0, 0.05) is 24.7 Å². The highest BCUT2D eigenvalue weighted by Crippen LogP contribution is 2.34. The van der Waals surface area contributed by atoms with Crippen LogP contribution < -0.4 is 5.32 Å². The highest BCUT2D eigenvalue weighted by atomic mass is 16.4. The molecule has 0 saturated heterocycles. The topological polar surface area (TPSA) is 86.7 Å². The SMILES string of the molecule is O=C(O)C=CC(=O)NC(=O)N(CC1CC1)C1CC1. The fourth-order valence-electron chi connectivity index (χ4n) is 1.73. The molecule has 0 spiro atoms. The predicted molar refractivity (Wildman–Crippen MR) is 62.8 cm³/mol. The van der Waals surface area contributed by atoms with Crippen LogP contribution in [-0.2, 0) is 9.59 Å². The number of carbonyl (C=O) groups excluding carboxylic acids is 2. The van der Waals surface area contributed by atoms with E-state index < -0.39 is 17.9 Å². The van der Waals surface area contributed by atoms with E-state index in [1.807, 2.05) is 0 Å². The van der Waals surface area contributed by atoms with Gasteiger partial charge < -0.3 is 10.0 Å². The zero-order valence-corrected chi connectivity index (χ0v) is 9.96. The van der Waals surface area contributed by atoms with Crippen molar-refractivity contribution in [2.45, 2.75) is 31.7 Å². The molecule has 0 aliphatic heterocycles. The fraction of sp³-hybridized carbons (Fsp3) is 0.583. The van der Waals surface area contributed by atoms with Crippen LogP contribution in [0.25, 0.3) is 0 Å². The van der Waals surface area contributed by atoms with E-state index in [-0.39, 0.29) is 6.04 Å². The lowest BCUT2D eigenvalue weighted by Crippen LogP contribution is -2.44. The quantitative estimate of drug-likeness (QED) is 0.706. The molecule has 18 heavy (non-hydrogen) atoms. The average Bonchev–Trinajstić information content (AvgIpc) is 3.13. The molecule has 2 N–H and O–H groups in total. The Morgan fingerprint density at radius 1 is 1.17 bits per heavy atom. The molecular formula is C12H16N2O4. The largest absolute Gasteiger partial charge is 0.478 e. The van der Waals surface area contributed by atoms with Crippen LogP contribution in [0.15, 0.2) is 12.2 Å². The number of carboxylic acid groups (broad SMARTS) is 1. The van der Waals surface area contributed by atoms with Gasteiger partial charge in [-0.1, -0.05) is 0 Å². The summed E-state index contributed by atoms with van der Waals surface area (Å²) in [4.78, 5) is 35.1. The number of aliphatic carboxylic acids is 1. The van der Waals surface area contributed by atoms with Crippen molar-refractivity contribution < 1.29 is 19.5 Å². The van der Waals surface area contributed by atoms with Gasteiger partial charge in [0.05, 0.1) is 0 Å². The minimum atomic E-state index is -1.21. The summed E-state index contributed by atoms with van der Waals surface area (Å²) in [6.45, 7) is 0.701. The number of imide groups is 1. The molecular weight excluding hydrogens is 236 g/mol. The maximum absolute atomic E-state index is 11.9. The van der Waals surface area contributed by atoms with E-state index >= 15 is 0 Å². The molecule has 6 nitrogen and oxygen atoms in total. The van der Waals surface area contributed by atoms with Gasteiger partial charge in [-0.2, -0.15) is 0 Å². The van der Waals surface area contributed by atoms with E-state index in [1.54, 1.807) is 4.90 Å². The number of carboxylic acids is 1. The van der Waals surface area contributed by atoms with Gasteiger partial charge >= 0.3 is 12.0 Å². The minimum absolute atomic E-state index is 0.252. The number of urea groups is 1. The summed E-state index contributed by atoms with van der Waals surface area (Å²) >= 11 is 0.